The van der Waals surface area contributed by atoms with Gasteiger partial charge in [0, 0.05) is 38.1 Å². The predicted molar refractivity (Wildman–Crippen MR) is 136 cm³/mol. The summed E-state index contributed by atoms with van der Waals surface area (Å²) in [6.45, 7) is 7.29. The number of aromatic nitrogens is 4. The second-order valence-electron chi connectivity index (χ2n) is 10.2. The van der Waals surface area contributed by atoms with Crippen LogP contribution in [0.1, 0.15) is 44.0 Å². The third kappa shape index (κ3) is 6.18. The first kappa shape index (κ1) is 26.2. The van der Waals surface area contributed by atoms with E-state index in [-0.39, 0.29) is 23.6 Å². The molecule has 0 spiro atoms. The van der Waals surface area contributed by atoms with Crippen LogP contribution in [0.3, 0.4) is 0 Å². The molecule has 2 atom stereocenters. The number of ether oxygens (including phenoxy) is 2. The van der Waals surface area contributed by atoms with Crippen molar-refractivity contribution in [2.24, 2.45) is 11.7 Å². The van der Waals surface area contributed by atoms with E-state index in [1.165, 1.54) is 6.07 Å². The highest BCUT2D eigenvalue weighted by Gasteiger charge is 2.34. The van der Waals surface area contributed by atoms with Gasteiger partial charge >= 0.3 is 6.01 Å². The second-order valence-corrected chi connectivity index (χ2v) is 10.2. The summed E-state index contributed by atoms with van der Waals surface area (Å²) in [5, 5.41) is 3.99. The summed E-state index contributed by atoms with van der Waals surface area (Å²) >= 11 is 0. The smallest absolute Gasteiger partial charge is 0.324 e. The molecule has 5 rings (SSSR count). The van der Waals surface area contributed by atoms with E-state index in [9.17, 15) is 8.78 Å². The van der Waals surface area contributed by atoms with Crippen molar-refractivity contribution in [2.75, 3.05) is 42.6 Å². The predicted octanol–water partition coefficient (Wildman–Crippen LogP) is 3.29. The molecule has 0 aliphatic carbocycles. The molecule has 4 heterocycles. The highest BCUT2D eigenvalue weighted by atomic mass is 19.1. The fraction of sp³-hybridized carbons (Fsp3) is 0.538. The van der Waals surface area contributed by atoms with Gasteiger partial charge in [0.05, 0.1) is 25.1 Å². The van der Waals surface area contributed by atoms with Gasteiger partial charge in [-0.25, -0.2) is 18.7 Å². The van der Waals surface area contributed by atoms with Crippen LogP contribution in [-0.4, -0.2) is 65.0 Å². The van der Waals surface area contributed by atoms with Gasteiger partial charge in [0.1, 0.15) is 18.2 Å². The normalized spacial score (nSPS) is 20.5. The molecule has 1 aromatic carbocycles. The molecule has 204 valence electrons. The van der Waals surface area contributed by atoms with Gasteiger partial charge in [-0.2, -0.15) is 4.98 Å². The molecule has 38 heavy (non-hydrogen) atoms. The number of hydrogen-bond acceptors (Lipinski definition) is 10. The molecule has 2 aromatic heterocycles. The van der Waals surface area contributed by atoms with Gasteiger partial charge in [0.2, 0.25) is 5.95 Å². The molecular weight excluding hydrogens is 496 g/mol. The molecule has 12 heteroatoms. The Morgan fingerprint density at radius 3 is 2.61 bits per heavy atom. The molecule has 2 N–H and O–H groups in total. The maximum absolute atomic E-state index is 14.3. The topological polar surface area (TPSA) is 116 Å². The SMILES string of the molecule is CC(C)OCc1noc(N2CCC(COc3cnc(N4C[C@H](c5cc(F)ccc5F)[C@@H](N)C4)nc3)CC2)n1. The summed E-state index contributed by atoms with van der Waals surface area (Å²) in [5.74, 6) is 0.723. The first-order chi connectivity index (χ1) is 18.4. The van der Waals surface area contributed by atoms with Crippen LogP contribution in [0.25, 0.3) is 0 Å². The van der Waals surface area contributed by atoms with E-state index >= 15 is 0 Å². The molecule has 0 saturated carbocycles. The lowest BCUT2D eigenvalue weighted by atomic mass is 9.94. The van der Waals surface area contributed by atoms with Gasteiger partial charge in [-0.3, -0.25) is 0 Å². The minimum atomic E-state index is -0.480. The number of hydrogen-bond donors (Lipinski definition) is 1. The van der Waals surface area contributed by atoms with Crippen LogP contribution in [-0.2, 0) is 11.3 Å². The summed E-state index contributed by atoms with van der Waals surface area (Å²) < 4.78 is 44.8. The maximum atomic E-state index is 14.3. The van der Waals surface area contributed by atoms with Crippen LogP contribution in [0.5, 0.6) is 5.75 Å². The van der Waals surface area contributed by atoms with Gasteiger partial charge < -0.3 is 29.5 Å². The van der Waals surface area contributed by atoms with Crippen molar-refractivity contribution >= 4 is 12.0 Å². The molecule has 3 aromatic rings. The van der Waals surface area contributed by atoms with E-state index < -0.39 is 11.6 Å². The van der Waals surface area contributed by atoms with Crippen molar-refractivity contribution in [1.29, 1.82) is 0 Å². The molecule has 10 nitrogen and oxygen atoms in total. The summed E-state index contributed by atoms with van der Waals surface area (Å²) in [7, 11) is 0. The van der Waals surface area contributed by atoms with Crippen molar-refractivity contribution in [3.05, 3.63) is 53.6 Å². The lowest BCUT2D eigenvalue weighted by molar-refractivity contribution is 0.0601. The molecule has 2 aliphatic heterocycles. The van der Waals surface area contributed by atoms with Crippen molar-refractivity contribution in [1.82, 2.24) is 20.1 Å². The first-order valence-electron chi connectivity index (χ1n) is 12.9. The standard InChI is InChI=1S/C26H33F2N7O3/c1-16(2)36-15-24-32-26(38-33-24)34-7-5-17(6-8-34)14-37-19-10-30-25(31-11-19)35-12-21(23(29)13-35)20-9-18(27)3-4-22(20)28/h3-4,9-11,16-17,21,23H,5-8,12-15,29H2,1-2H3/t21-,23+/m1/s1. The van der Waals surface area contributed by atoms with E-state index in [2.05, 4.69) is 25.0 Å². The minimum Gasteiger partial charge on any atom is -0.490 e. The fourth-order valence-electron chi connectivity index (χ4n) is 4.85. The van der Waals surface area contributed by atoms with E-state index in [0.717, 1.165) is 38.1 Å². The molecule has 2 saturated heterocycles. The Hall–Kier alpha value is -3.38. The Labute approximate surface area is 220 Å². The van der Waals surface area contributed by atoms with Crippen LogP contribution in [0.4, 0.5) is 20.7 Å². The summed E-state index contributed by atoms with van der Waals surface area (Å²) in [4.78, 5) is 17.3. The molecule has 0 unspecified atom stereocenters. The zero-order chi connectivity index (χ0) is 26.6. The van der Waals surface area contributed by atoms with Crippen LogP contribution < -0.4 is 20.3 Å². The Balaban J connectivity index is 1.09. The largest absolute Gasteiger partial charge is 0.490 e. The van der Waals surface area contributed by atoms with Crippen LogP contribution >= 0.6 is 0 Å². The lowest BCUT2D eigenvalue weighted by Crippen LogP contribution is -2.35. The molecule has 0 bridgehead atoms. The number of rotatable bonds is 9. The van der Waals surface area contributed by atoms with Gasteiger partial charge in [-0.05, 0) is 56.4 Å². The number of nitrogens with zero attached hydrogens (tertiary/aromatic N) is 6. The number of nitrogens with two attached hydrogens (primary N) is 1. The van der Waals surface area contributed by atoms with Gasteiger partial charge in [0.15, 0.2) is 11.6 Å². The second kappa shape index (κ2) is 11.6. The Morgan fingerprint density at radius 2 is 1.87 bits per heavy atom. The van der Waals surface area contributed by atoms with Gasteiger partial charge in [-0.1, -0.05) is 5.16 Å². The molecule has 0 radical (unpaired) electrons. The summed E-state index contributed by atoms with van der Waals surface area (Å²) in [6, 6.07) is 3.63. The van der Waals surface area contributed by atoms with Gasteiger partial charge in [-0.15, -0.1) is 0 Å². The van der Waals surface area contributed by atoms with Crippen molar-refractivity contribution in [3.8, 4) is 5.75 Å². The summed E-state index contributed by atoms with van der Waals surface area (Å²) in [5.41, 5.74) is 6.54. The summed E-state index contributed by atoms with van der Waals surface area (Å²) in [6.07, 6.45) is 5.25. The average molecular weight is 530 g/mol. The quantitative estimate of drug-likeness (QED) is 0.443. The third-order valence-corrected chi connectivity index (χ3v) is 6.99. The van der Waals surface area contributed by atoms with Crippen LogP contribution in [0.15, 0.2) is 35.1 Å². The monoisotopic (exact) mass is 529 g/mol. The average Bonchev–Trinajstić information content (AvgIpc) is 3.55. The minimum absolute atomic E-state index is 0.109. The maximum Gasteiger partial charge on any atom is 0.324 e. The van der Waals surface area contributed by atoms with E-state index in [0.29, 0.717) is 55.8 Å². The fourth-order valence-corrected chi connectivity index (χ4v) is 4.85. The number of anilines is 2. The van der Waals surface area contributed by atoms with Crippen molar-refractivity contribution in [2.45, 2.75) is 51.4 Å². The molecule has 2 aliphatic rings. The number of benzene rings is 1. The first-order valence-corrected chi connectivity index (χ1v) is 12.9. The highest BCUT2D eigenvalue weighted by molar-refractivity contribution is 5.39. The van der Waals surface area contributed by atoms with E-state index in [1.807, 2.05) is 18.7 Å². The third-order valence-electron chi connectivity index (χ3n) is 6.99. The van der Waals surface area contributed by atoms with Crippen LogP contribution in [0.2, 0.25) is 0 Å². The molecular formula is C26H33F2N7O3. The van der Waals surface area contributed by atoms with Crippen molar-refractivity contribution in [3.63, 3.8) is 0 Å². The zero-order valence-electron chi connectivity index (χ0n) is 21.6. The highest BCUT2D eigenvalue weighted by Crippen LogP contribution is 2.31. The van der Waals surface area contributed by atoms with Gasteiger partial charge in [0.25, 0.3) is 0 Å². The molecule has 2 fully saturated rings. The van der Waals surface area contributed by atoms with Crippen LogP contribution in [0, 0.1) is 17.6 Å². The molecule has 0 amide bonds. The zero-order valence-corrected chi connectivity index (χ0v) is 21.6. The van der Waals surface area contributed by atoms with Crippen molar-refractivity contribution < 1.29 is 22.8 Å². The number of piperidine rings is 1. The Morgan fingerprint density at radius 1 is 1.11 bits per heavy atom. The Kier molecular flexibility index (Phi) is 7.98. The number of halogens is 2. The lowest BCUT2D eigenvalue weighted by Gasteiger charge is -2.30. The van der Waals surface area contributed by atoms with E-state index in [1.54, 1.807) is 12.4 Å². The Bertz CT molecular complexity index is 1200. The van der Waals surface area contributed by atoms with E-state index in [4.69, 9.17) is 19.7 Å².